The second kappa shape index (κ2) is 4.64. The van der Waals surface area contributed by atoms with Crippen molar-refractivity contribution in [2.75, 3.05) is 5.75 Å². The first-order chi connectivity index (χ1) is 9.40. The summed E-state index contributed by atoms with van der Waals surface area (Å²) in [6.07, 6.45) is -0.0362. The van der Waals surface area contributed by atoms with Crippen molar-refractivity contribution in [1.29, 1.82) is 0 Å². The van der Waals surface area contributed by atoms with Gasteiger partial charge in [0.25, 0.3) is 5.52 Å². The van der Waals surface area contributed by atoms with Crippen LogP contribution in [0.4, 0.5) is 0 Å². The molecule has 1 unspecified atom stereocenters. The molecule has 0 radical (unpaired) electrons. The van der Waals surface area contributed by atoms with Crippen LogP contribution in [0.5, 0.6) is 11.5 Å². The SMILES string of the molecule is Cc1[nH+]c2cc3c(cc2o1)OC(CCCS(=O)(=O)[O-])O3. The maximum atomic E-state index is 10.5. The number of ether oxygens (including phenoxy) is 2. The molecule has 1 atom stereocenters. The van der Waals surface area contributed by atoms with Crippen molar-refractivity contribution in [3.8, 4) is 11.5 Å². The van der Waals surface area contributed by atoms with Gasteiger partial charge in [-0.15, -0.1) is 0 Å². The molecular weight excluding hydrogens is 286 g/mol. The predicted molar refractivity (Wildman–Crippen MR) is 66.3 cm³/mol. The van der Waals surface area contributed by atoms with Crippen LogP contribution < -0.4 is 14.5 Å². The maximum Gasteiger partial charge on any atom is 0.343 e. The van der Waals surface area contributed by atoms with Gasteiger partial charge in [0, 0.05) is 18.2 Å². The lowest BCUT2D eigenvalue weighted by atomic mass is 10.3. The molecule has 108 valence electrons. The molecule has 0 amide bonds. The van der Waals surface area contributed by atoms with Crippen molar-refractivity contribution in [3.63, 3.8) is 0 Å². The summed E-state index contributed by atoms with van der Waals surface area (Å²) >= 11 is 0. The molecule has 0 saturated heterocycles. The number of fused-ring (bicyclic) bond motifs is 2. The largest absolute Gasteiger partial charge is 0.748 e. The highest BCUT2D eigenvalue weighted by molar-refractivity contribution is 7.85. The summed E-state index contributed by atoms with van der Waals surface area (Å²) in [5.74, 6) is 1.39. The van der Waals surface area contributed by atoms with Crippen LogP contribution >= 0.6 is 0 Å². The Bertz CT molecular complexity index is 708. The van der Waals surface area contributed by atoms with E-state index in [-0.39, 0.29) is 6.42 Å². The summed E-state index contributed by atoms with van der Waals surface area (Å²) in [6, 6.07) is 3.49. The average Bonchev–Trinajstić information content (AvgIpc) is 2.84. The maximum absolute atomic E-state index is 10.5. The van der Waals surface area contributed by atoms with Crippen molar-refractivity contribution >= 4 is 21.2 Å². The van der Waals surface area contributed by atoms with Crippen molar-refractivity contribution in [2.45, 2.75) is 26.1 Å². The van der Waals surface area contributed by atoms with Gasteiger partial charge in [0.15, 0.2) is 11.5 Å². The Balaban J connectivity index is 1.69. The monoisotopic (exact) mass is 299 g/mol. The fourth-order valence-electron chi connectivity index (χ4n) is 2.14. The topological polar surface area (TPSA) is 103 Å². The Hall–Kier alpha value is -1.80. The Morgan fingerprint density at radius 1 is 1.30 bits per heavy atom. The number of aryl methyl sites for hydroxylation is 1. The minimum absolute atomic E-state index is 0.200. The molecule has 0 saturated carbocycles. The van der Waals surface area contributed by atoms with Crippen molar-refractivity contribution in [1.82, 2.24) is 0 Å². The quantitative estimate of drug-likeness (QED) is 0.779. The summed E-state index contributed by atoms with van der Waals surface area (Å²) in [4.78, 5) is 3.04. The summed E-state index contributed by atoms with van der Waals surface area (Å²) in [6.45, 7) is 1.80. The number of rotatable bonds is 4. The minimum Gasteiger partial charge on any atom is -0.748 e. The number of hydrogen-bond acceptors (Lipinski definition) is 6. The highest BCUT2D eigenvalue weighted by Gasteiger charge is 2.27. The molecule has 1 aliphatic rings. The van der Waals surface area contributed by atoms with Gasteiger partial charge < -0.3 is 18.4 Å². The third-order valence-electron chi connectivity index (χ3n) is 2.97. The Morgan fingerprint density at radius 2 is 2.00 bits per heavy atom. The fourth-order valence-corrected chi connectivity index (χ4v) is 2.66. The Labute approximate surface area is 115 Å². The van der Waals surface area contributed by atoms with Gasteiger partial charge >= 0.3 is 5.89 Å². The van der Waals surface area contributed by atoms with Crippen LogP contribution in [-0.4, -0.2) is 25.0 Å². The van der Waals surface area contributed by atoms with Gasteiger partial charge in [-0.1, -0.05) is 0 Å². The Kier molecular flexibility index (Phi) is 3.06. The lowest BCUT2D eigenvalue weighted by molar-refractivity contribution is -0.365. The van der Waals surface area contributed by atoms with Crippen molar-refractivity contribution in [3.05, 3.63) is 18.0 Å². The number of H-pyrrole nitrogens is 1. The number of aromatic nitrogens is 1. The third kappa shape index (κ3) is 2.70. The van der Waals surface area contributed by atoms with Crippen LogP contribution in [0.2, 0.25) is 0 Å². The summed E-state index contributed by atoms with van der Waals surface area (Å²) in [5, 5.41) is 0. The minimum atomic E-state index is -4.19. The van der Waals surface area contributed by atoms with Crippen LogP contribution in [0.25, 0.3) is 11.1 Å². The van der Waals surface area contributed by atoms with Crippen LogP contribution in [0.1, 0.15) is 18.7 Å². The average molecular weight is 299 g/mol. The fraction of sp³-hybridized carbons (Fsp3) is 0.417. The van der Waals surface area contributed by atoms with E-state index >= 15 is 0 Å². The molecule has 2 heterocycles. The van der Waals surface area contributed by atoms with Gasteiger partial charge in [0.1, 0.15) is 0 Å². The van der Waals surface area contributed by atoms with E-state index in [0.29, 0.717) is 29.4 Å². The van der Waals surface area contributed by atoms with Crippen LogP contribution in [0.15, 0.2) is 16.5 Å². The summed E-state index contributed by atoms with van der Waals surface area (Å²) in [7, 11) is -4.19. The molecule has 0 spiro atoms. The molecule has 1 aromatic carbocycles. The van der Waals surface area contributed by atoms with Crippen LogP contribution in [0.3, 0.4) is 0 Å². The second-order valence-corrected chi connectivity index (χ2v) is 6.17. The normalized spacial score (nSPS) is 17.8. The van der Waals surface area contributed by atoms with Crippen LogP contribution in [0, 0.1) is 6.92 Å². The van der Waals surface area contributed by atoms with E-state index in [0.717, 1.165) is 5.52 Å². The van der Waals surface area contributed by atoms with E-state index < -0.39 is 22.2 Å². The first-order valence-corrected chi connectivity index (χ1v) is 7.72. The predicted octanol–water partition coefficient (Wildman–Crippen LogP) is 0.978. The molecule has 0 fully saturated rings. The number of hydrogen-bond donors (Lipinski definition) is 0. The summed E-state index contributed by atoms with van der Waals surface area (Å²) < 4.78 is 48.1. The zero-order valence-electron chi connectivity index (χ0n) is 10.7. The molecule has 1 aliphatic heterocycles. The summed E-state index contributed by atoms with van der Waals surface area (Å²) in [5.41, 5.74) is 1.46. The number of aromatic amines is 1. The molecule has 2 aromatic rings. The van der Waals surface area contributed by atoms with Crippen molar-refractivity contribution < 1.29 is 31.8 Å². The Morgan fingerprint density at radius 3 is 2.70 bits per heavy atom. The first kappa shape index (κ1) is 13.2. The molecular formula is C12H13NO6S. The van der Waals surface area contributed by atoms with E-state index in [1.54, 1.807) is 19.1 Å². The molecule has 7 nitrogen and oxygen atoms in total. The van der Waals surface area contributed by atoms with E-state index in [1.807, 2.05) is 0 Å². The smallest absolute Gasteiger partial charge is 0.343 e. The molecule has 1 N–H and O–H groups in total. The highest BCUT2D eigenvalue weighted by atomic mass is 32.2. The number of benzene rings is 1. The number of nitrogens with one attached hydrogen (secondary N) is 1. The second-order valence-electron chi connectivity index (χ2n) is 4.65. The van der Waals surface area contributed by atoms with E-state index in [4.69, 9.17) is 13.9 Å². The van der Waals surface area contributed by atoms with E-state index in [2.05, 4.69) is 4.98 Å². The van der Waals surface area contributed by atoms with Gasteiger partial charge in [-0.3, -0.25) is 0 Å². The van der Waals surface area contributed by atoms with Gasteiger partial charge in [-0.2, -0.15) is 4.98 Å². The van der Waals surface area contributed by atoms with Gasteiger partial charge in [-0.05, 0) is 6.42 Å². The molecule has 1 aromatic heterocycles. The lowest BCUT2D eigenvalue weighted by Gasteiger charge is -2.11. The highest BCUT2D eigenvalue weighted by Crippen LogP contribution is 2.38. The third-order valence-corrected chi connectivity index (χ3v) is 3.76. The van der Waals surface area contributed by atoms with Crippen molar-refractivity contribution in [2.24, 2.45) is 0 Å². The zero-order chi connectivity index (χ0) is 14.3. The van der Waals surface area contributed by atoms with Gasteiger partial charge in [0.2, 0.25) is 11.9 Å². The van der Waals surface area contributed by atoms with E-state index in [9.17, 15) is 13.0 Å². The molecule has 0 bridgehead atoms. The molecule has 0 aliphatic carbocycles. The molecule has 8 heteroatoms. The number of oxazole rings is 1. The molecule has 3 rings (SSSR count). The first-order valence-electron chi connectivity index (χ1n) is 6.14. The standard InChI is InChI=1S/C12H13NO6S/c1-7-13-8-5-10-11(6-9(8)17-7)19-12(18-10)3-2-4-20(14,15)16/h5-6,12H,2-4H2,1H3,(H,14,15,16). The van der Waals surface area contributed by atoms with Gasteiger partial charge in [0.05, 0.1) is 23.1 Å². The lowest BCUT2D eigenvalue weighted by Crippen LogP contribution is -2.19. The zero-order valence-corrected chi connectivity index (χ0v) is 11.5. The van der Waals surface area contributed by atoms with Crippen LogP contribution in [-0.2, 0) is 10.1 Å². The molecule has 20 heavy (non-hydrogen) atoms. The van der Waals surface area contributed by atoms with E-state index in [1.165, 1.54) is 0 Å². The van der Waals surface area contributed by atoms with Gasteiger partial charge in [-0.25, -0.2) is 8.42 Å².